The topological polar surface area (TPSA) is 24.4 Å². The minimum Gasteiger partial charge on any atom is -0.294 e. The monoisotopic (exact) mass is 360 g/mol. The zero-order valence-corrected chi connectivity index (χ0v) is 11.6. The van der Waals surface area contributed by atoms with Crippen molar-refractivity contribution in [3.8, 4) is 0 Å². The van der Waals surface area contributed by atoms with E-state index >= 15 is 0 Å². The van der Waals surface area contributed by atoms with Crippen molar-refractivity contribution < 1.29 is 8.78 Å². The molecule has 94 valence electrons. The molecule has 18 heavy (non-hydrogen) atoms. The zero-order valence-electron chi connectivity index (χ0n) is 9.41. The normalized spacial score (nSPS) is 30.2. The van der Waals surface area contributed by atoms with Crippen LogP contribution in [0.2, 0.25) is 0 Å². The Balaban J connectivity index is 1.97. The summed E-state index contributed by atoms with van der Waals surface area (Å²) in [6, 6.07) is 3.64. The Morgan fingerprint density at radius 2 is 2.17 bits per heavy atom. The number of nitrogens with one attached hydrogen (secondary N) is 1. The Kier molecular flexibility index (Phi) is 3.19. The number of rotatable bonds is 1. The van der Waals surface area contributed by atoms with Crippen molar-refractivity contribution in [2.45, 2.75) is 10.1 Å². The van der Waals surface area contributed by atoms with Gasteiger partial charge in [0.1, 0.15) is 17.8 Å². The van der Waals surface area contributed by atoms with Crippen molar-refractivity contribution >= 4 is 34.4 Å². The highest BCUT2D eigenvalue weighted by molar-refractivity contribution is 14.1. The van der Waals surface area contributed by atoms with Gasteiger partial charge in [0, 0.05) is 34.2 Å². The maximum atomic E-state index is 13.7. The molecule has 5 heteroatoms. The quantitative estimate of drug-likeness (QED) is 0.605. The molecule has 2 heterocycles. The molecule has 0 amide bonds. The van der Waals surface area contributed by atoms with E-state index in [-0.39, 0.29) is 12.1 Å². The molecule has 0 aromatic heterocycles. The second-order valence-corrected chi connectivity index (χ2v) is 6.07. The highest BCUT2D eigenvalue weighted by Crippen LogP contribution is 2.32. The van der Waals surface area contributed by atoms with E-state index in [4.69, 9.17) is 0 Å². The lowest BCUT2D eigenvalue weighted by Crippen LogP contribution is -2.26. The minimum absolute atomic E-state index is 0.0964. The molecule has 2 aliphatic heterocycles. The van der Waals surface area contributed by atoms with E-state index in [9.17, 15) is 8.78 Å². The molecule has 1 N–H and O–H groups in total. The number of fused-ring (bicyclic) bond motifs is 1. The molecule has 0 saturated carbocycles. The van der Waals surface area contributed by atoms with E-state index in [1.54, 1.807) is 6.21 Å². The number of halogens is 3. The largest absolute Gasteiger partial charge is 0.294 e. The Morgan fingerprint density at radius 1 is 1.33 bits per heavy atom. The lowest BCUT2D eigenvalue weighted by molar-refractivity contribution is 0.550. The van der Waals surface area contributed by atoms with Crippen molar-refractivity contribution in [3.63, 3.8) is 0 Å². The van der Waals surface area contributed by atoms with Gasteiger partial charge in [-0.05, 0) is 17.7 Å². The smallest absolute Gasteiger partial charge is 0.133 e. The number of alkyl halides is 1. The van der Waals surface area contributed by atoms with E-state index in [1.165, 1.54) is 12.1 Å². The number of hydrogen-bond acceptors (Lipinski definition) is 2. The first-order valence-corrected chi connectivity index (χ1v) is 6.97. The summed E-state index contributed by atoms with van der Waals surface area (Å²) < 4.78 is 27.1. The third-order valence-electron chi connectivity index (χ3n) is 3.29. The number of benzene rings is 1. The minimum atomic E-state index is -0.559. The zero-order chi connectivity index (χ0) is 12.7. The third-order valence-corrected chi connectivity index (χ3v) is 4.56. The van der Waals surface area contributed by atoms with Crippen LogP contribution in [0, 0.1) is 17.6 Å². The summed E-state index contributed by atoms with van der Waals surface area (Å²) in [7, 11) is 0. The molecular formula is C13H11F2IN2. The first-order chi connectivity index (χ1) is 8.65. The summed E-state index contributed by atoms with van der Waals surface area (Å²) in [5.74, 6) is -0.825. The van der Waals surface area contributed by atoms with Gasteiger partial charge in [-0.2, -0.15) is 0 Å². The van der Waals surface area contributed by atoms with Crippen LogP contribution in [-0.4, -0.2) is 22.8 Å². The Bertz CT molecular complexity index is 542. The molecule has 1 aromatic rings. The first kappa shape index (κ1) is 12.2. The fraction of sp³-hybridized carbons (Fsp3) is 0.308. The van der Waals surface area contributed by atoms with Crippen molar-refractivity contribution in [2.24, 2.45) is 10.9 Å². The van der Waals surface area contributed by atoms with Gasteiger partial charge in [0.15, 0.2) is 0 Å². The second-order valence-electron chi connectivity index (χ2n) is 4.47. The van der Waals surface area contributed by atoms with Crippen LogP contribution in [0.4, 0.5) is 8.78 Å². The fourth-order valence-corrected chi connectivity index (χ4v) is 3.20. The maximum absolute atomic E-state index is 13.7. The molecule has 2 aliphatic rings. The molecule has 3 unspecified atom stereocenters. The molecule has 1 saturated heterocycles. The van der Waals surface area contributed by atoms with Gasteiger partial charge in [0.25, 0.3) is 0 Å². The van der Waals surface area contributed by atoms with E-state index in [2.05, 4.69) is 32.9 Å². The van der Waals surface area contributed by atoms with E-state index in [0.717, 1.165) is 18.2 Å². The Labute approximate surface area is 117 Å². The van der Waals surface area contributed by atoms with Gasteiger partial charge in [-0.25, -0.2) is 8.78 Å². The SMILES string of the molecule is Fc1ccc(C2=CC3C(I)CNC3N=C2)c(F)c1. The van der Waals surface area contributed by atoms with Crippen LogP contribution in [0.5, 0.6) is 0 Å². The summed E-state index contributed by atoms with van der Waals surface area (Å²) in [4.78, 5) is 4.39. The van der Waals surface area contributed by atoms with Gasteiger partial charge in [-0.1, -0.05) is 28.7 Å². The van der Waals surface area contributed by atoms with Gasteiger partial charge in [-0.15, -0.1) is 0 Å². The predicted octanol–water partition coefficient (Wildman–Crippen LogP) is 2.78. The molecule has 0 spiro atoms. The number of dihydropyridines is 1. The van der Waals surface area contributed by atoms with Crippen molar-refractivity contribution in [3.05, 3.63) is 41.5 Å². The summed E-state index contributed by atoms with van der Waals surface area (Å²) in [6.07, 6.45) is 3.80. The van der Waals surface area contributed by atoms with Crippen LogP contribution in [0.1, 0.15) is 5.56 Å². The first-order valence-electron chi connectivity index (χ1n) is 5.73. The Hall–Kier alpha value is -0.820. The lowest BCUT2D eigenvalue weighted by atomic mass is 9.95. The van der Waals surface area contributed by atoms with E-state index in [1.807, 2.05) is 6.08 Å². The van der Waals surface area contributed by atoms with Gasteiger partial charge in [-0.3, -0.25) is 10.3 Å². The summed E-state index contributed by atoms with van der Waals surface area (Å²) in [5.41, 5.74) is 1.15. The van der Waals surface area contributed by atoms with Gasteiger partial charge in [0.05, 0.1) is 0 Å². The van der Waals surface area contributed by atoms with Gasteiger partial charge >= 0.3 is 0 Å². The van der Waals surface area contributed by atoms with Crippen LogP contribution in [0.25, 0.3) is 5.57 Å². The highest BCUT2D eigenvalue weighted by Gasteiger charge is 2.34. The molecule has 3 rings (SSSR count). The Morgan fingerprint density at radius 3 is 2.94 bits per heavy atom. The fourth-order valence-electron chi connectivity index (χ4n) is 2.34. The van der Waals surface area contributed by atoms with Crippen LogP contribution in [0.15, 0.2) is 29.3 Å². The van der Waals surface area contributed by atoms with Crippen LogP contribution >= 0.6 is 22.6 Å². The molecule has 0 aliphatic carbocycles. The molecule has 0 bridgehead atoms. The standard InChI is InChI=1S/C13H11F2IN2/c14-8-1-2-9(11(15)4-8)7-3-10-12(16)6-18-13(10)17-5-7/h1-5,10,12-13,18H,6H2. The van der Waals surface area contributed by atoms with Gasteiger partial charge < -0.3 is 0 Å². The molecule has 1 aromatic carbocycles. The van der Waals surface area contributed by atoms with Crippen LogP contribution in [-0.2, 0) is 0 Å². The molecule has 0 radical (unpaired) electrons. The highest BCUT2D eigenvalue weighted by atomic mass is 127. The average Bonchev–Trinajstić information content (AvgIpc) is 2.71. The van der Waals surface area contributed by atoms with E-state index in [0.29, 0.717) is 9.49 Å². The van der Waals surface area contributed by atoms with Crippen molar-refractivity contribution in [1.29, 1.82) is 0 Å². The lowest BCUT2D eigenvalue weighted by Gasteiger charge is -2.20. The average molecular weight is 360 g/mol. The van der Waals surface area contributed by atoms with E-state index < -0.39 is 11.6 Å². The third kappa shape index (κ3) is 2.09. The maximum Gasteiger partial charge on any atom is 0.133 e. The molecule has 2 nitrogen and oxygen atoms in total. The van der Waals surface area contributed by atoms with Crippen LogP contribution in [0.3, 0.4) is 0 Å². The predicted molar refractivity (Wildman–Crippen MR) is 75.9 cm³/mol. The number of hydrogen-bond donors (Lipinski definition) is 1. The summed E-state index contributed by atoms with van der Waals surface area (Å²) in [6.45, 7) is 0.906. The van der Waals surface area contributed by atoms with Gasteiger partial charge in [0.2, 0.25) is 0 Å². The number of nitrogens with zero attached hydrogens (tertiary/aromatic N) is 1. The summed E-state index contributed by atoms with van der Waals surface area (Å²) in [5, 5.41) is 3.30. The molecule has 1 fully saturated rings. The number of aliphatic imine (C=N–C) groups is 1. The van der Waals surface area contributed by atoms with Crippen LogP contribution < -0.4 is 5.32 Å². The number of allylic oxidation sites excluding steroid dienone is 1. The molecule has 3 atom stereocenters. The molecular weight excluding hydrogens is 349 g/mol. The van der Waals surface area contributed by atoms with Crippen molar-refractivity contribution in [1.82, 2.24) is 5.32 Å². The summed E-state index contributed by atoms with van der Waals surface area (Å²) >= 11 is 2.38. The van der Waals surface area contributed by atoms with Crippen molar-refractivity contribution in [2.75, 3.05) is 6.54 Å². The second kappa shape index (κ2) is 4.70.